The van der Waals surface area contributed by atoms with Crippen molar-refractivity contribution in [2.75, 3.05) is 0 Å². The number of carbonyl (C=O) groups is 1. The van der Waals surface area contributed by atoms with E-state index >= 15 is 0 Å². The maximum atomic E-state index is 10.4. The molecule has 0 amide bonds. The lowest BCUT2D eigenvalue weighted by molar-refractivity contribution is -0.107. The molecule has 0 saturated heterocycles. The molecule has 0 heterocycles. The zero-order valence-corrected chi connectivity index (χ0v) is 9.47. The molecule has 0 aliphatic rings. The highest BCUT2D eigenvalue weighted by Crippen LogP contribution is 2.23. The van der Waals surface area contributed by atoms with Gasteiger partial charge in [0.1, 0.15) is 6.29 Å². The van der Waals surface area contributed by atoms with Gasteiger partial charge in [0.15, 0.2) is 0 Å². The summed E-state index contributed by atoms with van der Waals surface area (Å²) in [5.41, 5.74) is 2.38. The van der Waals surface area contributed by atoms with E-state index in [1.165, 1.54) is 5.56 Å². The van der Waals surface area contributed by atoms with E-state index in [0.717, 1.165) is 16.3 Å². The molecule has 0 aliphatic heterocycles. The molecule has 1 rings (SSSR count). The Morgan fingerprint density at radius 1 is 1.46 bits per heavy atom. The molecule has 0 unspecified atom stereocenters. The molecule has 1 aromatic carbocycles. The van der Waals surface area contributed by atoms with Crippen molar-refractivity contribution in [2.45, 2.75) is 26.2 Å². The fraction of sp³-hybridized carbons (Fsp3) is 0.364. The van der Waals surface area contributed by atoms with Crippen LogP contribution in [0.5, 0.6) is 0 Å². The van der Waals surface area contributed by atoms with Crippen LogP contribution in [0, 0.1) is 0 Å². The topological polar surface area (TPSA) is 17.1 Å². The van der Waals surface area contributed by atoms with Crippen LogP contribution in [0.2, 0.25) is 0 Å². The second-order valence-electron chi connectivity index (χ2n) is 3.37. The van der Waals surface area contributed by atoms with Crippen molar-refractivity contribution in [1.82, 2.24) is 0 Å². The van der Waals surface area contributed by atoms with Crippen molar-refractivity contribution in [2.24, 2.45) is 0 Å². The zero-order chi connectivity index (χ0) is 9.84. The number of carbonyl (C=O) groups excluding carboxylic acids is 1. The number of hydrogen-bond donors (Lipinski definition) is 0. The summed E-state index contributed by atoms with van der Waals surface area (Å²) >= 11 is 3.43. The van der Waals surface area contributed by atoms with Gasteiger partial charge in [-0.25, -0.2) is 0 Å². The number of aldehydes is 1. The molecule has 0 N–H and O–H groups in total. The van der Waals surface area contributed by atoms with E-state index in [-0.39, 0.29) is 0 Å². The predicted molar refractivity (Wildman–Crippen MR) is 58.0 cm³/mol. The lowest BCUT2D eigenvalue weighted by Gasteiger charge is -2.10. The third-order valence-electron chi connectivity index (χ3n) is 2.03. The Bertz CT molecular complexity index is 305. The molecular weight excluding hydrogens is 228 g/mol. The van der Waals surface area contributed by atoms with Gasteiger partial charge in [-0.05, 0) is 29.2 Å². The first-order chi connectivity index (χ1) is 6.15. The maximum absolute atomic E-state index is 10.4. The maximum Gasteiger partial charge on any atom is 0.124 e. The van der Waals surface area contributed by atoms with Crippen LogP contribution >= 0.6 is 15.9 Å². The van der Waals surface area contributed by atoms with Gasteiger partial charge in [0.05, 0.1) is 0 Å². The average molecular weight is 241 g/mol. The summed E-state index contributed by atoms with van der Waals surface area (Å²) in [6, 6.07) is 6.07. The zero-order valence-electron chi connectivity index (χ0n) is 7.88. The van der Waals surface area contributed by atoms with Crippen molar-refractivity contribution in [3.8, 4) is 0 Å². The molecule has 0 aliphatic carbocycles. The van der Waals surface area contributed by atoms with Gasteiger partial charge in [-0.15, -0.1) is 0 Å². The summed E-state index contributed by atoms with van der Waals surface area (Å²) in [6.07, 6.45) is 1.47. The smallest absolute Gasteiger partial charge is 0.124 e. The van der Waals surface area contributed by atoms with Crippen LogP contribution in [0.4, 0.5) is 0 Å². The van der Waals surface area contributed by atoms with Crippen LogP contribution in [-0.2, 0) is 11.2 Å². The van der Waals surface area contributed by atoms with Crippen LogP contribution in [-0.4, -0.2) is 6.29 Å². The van der Waals surface area contributed by atoms with Crippen LogP contribution in [0.25, 0.3) is 0 Å². The normalized spacial score (nSPS) is 10.5. The minimum absolute atomic E-state index is 0.465. The summed E-state index contributed by atoms with van der Waals surface area (Å²) in [4.78, 5) is 10.4. The third-order valence-corrected chi connectivity index (χ3v) is 2.53. The molecule has 0 saturated carbocycles. The van der Waals surface area contributed by atoms with E-state index in [9.17, 15) is 4.79 Å². The SMILES string of the molecule is CC(C)c1cc(Br)ccc1CC=O. The molecule has 0 fully saturated rings. The molecule has 2 heteroatoms. The highest BCUT2D eigenvalue weighted by Gasteiger charge is 2.06. The number of benzene rings is 1. The number of hydrogen-bond acceptors (Lipinski definition) is 1. The average Bonchev–Trinajstić information content (AvgIpc) is 2.08. The predicted octanol–water partition coefficient (Wildman–Crippen LogP) is 3.31. The van der Waals surface area contributed by atoms with Crippen molar-refractivity contribution >= 4 is 22.2 Å². The molecule has 0 bridgehead atoms. The summed E-state index contributed by atoms with van der Waals surface area (Å²) in [7, 11) is 0. The Morgan fingerprint density at radius 2 is 2.15 bits per heavy atom. The second kappa shape index (κ2) is 4.56. The summed E-state index contributed by atoms with van der Waals surface area (Å²) < 4.78 is 1.07. The molecule has 13 heavy (non-hydrogen) atoms. The molecule has 0 radical (unpaired) electrons. The van der Waals surface area contributed by atoms with Crippen molar-refractivity contribution < 1.29 is 4.79 Å². The van der Waals surface area contributed by atoms with E-state index in [1.54, 1.807) is 0 Å². The van der Waals surface area contributed by atoms with Gasteiger partial charge in [-0.2, -0.15) is 0 Å². The first-order valence-electron chi connectivity index (χ1n) is 4.37. The molecule has 0 spiro atoms. The highest BCUT2D eigenvalue weighted by atomic mass is 79.9. The number of halogens is 1. The first-order valence-corrected chi connectivity index (χ1v) is 5.16. The van der Waals surface area contributed by atoms with Crippen molar-refractivity contribution in [3.63, 3.8) is 0 Å². The van der Waals surface area contributed by atoms with E-state index in [0.29, 0.717) is 12.3 Å². The number of rotatable bonds is 3. The second-order valence-corrected chi connectivity index (χ2v) is 4.28. The standard InChI is InChI=1S/C11H13BrO/c1-8(2)11-7-10(12)4-3-9(11)5-6-13/h3-4,6-8H,5H2,1-2H3. The lowest BCUT2D eigenvalue weighted by atomic mass is 9.96. The van der Waals surface area contributed by atoms with Gasteiger partial charge >= 0.3 is 0 Å². The van der Waals surface area contributed by atoms with E-state index in [2.05, 4.69) is 35.8 Å². The first kappa shape index (κ1) is 10.5. The van der Waals surface area contributed by atoms with Gasteiger partial charge < -0.3 is 4.79 Å². The largest absolute Gasteiger partial charge is 0.303 e. The highest BCUT2D eigenvalue weighted by molar-refractivity contribution is 9.10. The molecule has 70 valence electrons. The Hall–Kier alpha value is -0.630. The fourth-order valence-electron chi connectivity index (χ4n) is 1.38. The lowest BCUT2D eigenvalue weighted by Crippen LogP contribution is -1.97. The molecule has 0 atom stereocenters. The summed E-state index contributed by atoms with van der Waals surface area (Å²) in [6.45, 7) is 4.27. The third kappa shape index (κ3) is 2.66. The van der Waals surface area contributed by atoms with E-state index in [4.69, 9.17) is 0 Å². The monoisotopic (exact) mass is 240 g/mol. The Morgan fingerprint density at radius 3 is 2.69 bits per heavy atom. The Labute approximate surface area is 87.3 Å². The van der Waals surface area contributed by atoms with Crippen LogP contribution in [0.3, 0.4) is 0 Å². The molecule has 1 aromatic rings. The van der Waals surface area contributed by atoms with Crippen LogP contribution in [0.1, 0.15) is 30.9 Å². The minimum atomic E-state index is 0.465. The quantitative estimate of drug-likeness (QED) is 0.742. The van der Waals surface area contributed by atoms with Gasteiger partial charge in [0.2, 0.25) is 0 Å². The Balaban J connectivity index is 3.10. The molecule has 0 aromatic heterocycles. The van der Waals surface area contributed by atoms with E-state index in [1.807, 2.05) is 12.1 Å². The summed E-state index contributed by atoms with van der Waals surface area (Å²) in [5, 5.41) is 0. The summed E-state index contributed by atoms with van der Waals surface area (Å²) in [5.74, 6) is 0.465. The van der Waals surface area contributed by atoms with Gasteiger partial charge in [0, 0.05) is 10.9 Å². The van der Waals surface area contributed by atoms with Gasteiger partial charge in [-0.3, -0.25) is 0 Å². The fourth-order valence-corrected chi connectivity index (χ4v) is 1.76. The van der Waals surface area contributed by atoms with Crippen molar-refractivity contribution in [3.05, 3.63) is 33.8 Å². The molecule has 1 nitrogen and oxygen atoms in total. The minimum Gasteiger partial charge on any atom is -0.303 e. The van der Waals surface area contributed by atoms with Crippen LogP contribution < -0.4 is 0 Å². The van der Waals surface area contributed by atoms with Gasteiger partial charge in [-0.1, -0.05) is 35.8 Å². The molecular formula is C11H13BrO. The Kier molecular flexibility index (Phi) is 3.67. The van der Waals surface area contributed by atoms with Gasteiger partial charge in [0.25, 0.3) is 0 Å². The van der Waals surface area contributed by atoms with Crippen LogP contribution in [0.15, 0.2) is 22.7 Å². The van der Waals surface area contributed by atoms with E-state index < -0.39 is 0 Å². The van der Waals surface area contributed by atoms with Crippen molar-refractivity contribution in [1.29, 1.82) is 0 Å².